The molecule has 1 aromatic rings. The van der Waals surface area contributed by atoms with Crippen LogP contribution in [-0.2, 0) is 38.4 Å². The Bertz CT molecular complexity index is 958. The van der Waals surface area contributed by atoms with Crippen molar-refractivity contribution in [1.29, 1.82) is 0 Å². The molecule has 2 fully saturated rings. The maximum Gasteiger partial charge on any atom is 0.338 e. The first-order valence-electron chi connectivity index (χ1n) is 9.76. The number of benzene rings is 1. The molecule has 2 heterocycles. The van der Waals surface area contributed by atoms with E-state index in [2.05, 4.69) is 19.2 Å². The molecular weight excluding hydrogens is 440 g/mol. The summed E-state index contributed by atoms with van der Waals surface area (Å²) in [6.45, 7) is 3.66. The first-order chi connectivity index (χ1) is 15.2. The zero-order chi connectivity index (χ0) is 23.4. The first-order valence-corrected chi connectivity index (χ1v) is 10.3. The Morgan fingerprint density at radius 2 is 1.38 bits per heavy atom. The van der Waals surface area contributed by atoms with Gasteiger partial charge in [0.05, 0.1) is 12.3 Å². The SMILES string of the molecule is C=Cc1ccc(C(S)C(CC(=O)ON2C(=O)CCC2=O)C(=O)ON2C(=O)CCC2=O)cc1. The maximum absolute atomic E-state index is 12.8. The Kier molecular flexibility index (Phi) is 7.08. The van der Waals surface area contributed by atoms with Crippen LogP contribution in [0.5, 0.6) is 0 Å². The van der Waals surface area contributed by atoms with Crippen LogP contribution >= 0.6 is 12.6 Å². The molecule has 2 atom stereocenters. The Hall–Kier alpha value is -3.47. The highest BCUT2D eigenvalue weighted by Crippen LogP contribution is 2.33. The molecular formula is C21H20N2O8S. The molecule has 11 heteroatoms. The maximum atomic E-state index is 12.8. The van der Waals surface area contributed by atoms with Crippen LogP contribution in [0.25, 0.3) is 6.08 Å². The van der Waals surface area contributed by atoms with E-state index in [1.807, 2.05) is 0 Å². The van der Waals surface area contributed by atoms with E-state index < -0.39 is 53.2 Å². The van der Waals surface area contributed by atoms with Crippen LogP contribution in [0.3, 0.4) is 0 Å². The van der Waals surface area contributed by atoms with Crippen LogP contribution in [0.4, 0.5) is 0 Å². The third kappa shape index (κ3) is 5.05. The summed E-state index contributed by atoms with van der Waals surface area (Å²) in [6, 6.07) is 6.78. The lowest BCUT2D eigenvalue weighted by atomic mass is 9.95. The van der Waals surface area contributed by atoms with Gasteiger partial charge in [0, 0.05) is 30.9 Å². The summed E-state index contributed by atoms with van der Waals surface area (Å²) in [5.41, 5.74) is 1.35. The van der Waals surface area contributed by atoms with E-state index in [0.717, 1.165) is 5.56 Å². The summed E-state index contributed by atoms with van der Waals surface area (Å²) in [4.78, 5) is 82.1. The number of rotatable bonds is 8. The standard InChI is InChI=1S/C21H20N2O8S/c1-2-12-3-5-13(6-4-12)20(32)14(21(29)31-23-17(26)9-10-18(23)27)11-19(28)30-22-15(24)7-8-16(22)25/h2-6,14,20,32H,1,7-11H2. The third-order valence-corrected chi connectivity index (χ3v) is 5.63. The highest BCUT2D eigenvalue weighted by atomic mass is 32.1. The van der Waals surface area contributed by atoms with E-state index in [-0.39, 0.29) is 25.7 Å². The molecule has 0 aromatic heterocycles. The molecule has 0 radical (unpaired) electrons. The van der Waals surface area contributed by atoms with Gasteiger partial charge in [0.25, 0.3) is 23.6 Å². The Balaban J connectivity index is 1.79. The fourth-order valence-electron chi connectivity index (χ4n) is 3.18. The van der Waals surface area contributed by atoms with Crippen molar-refractivity contribution in [3.8, 4) is 0 Å². The fraction of sp³-hybridized carbons (Fsp3) is 0.333. The van der Waals surface area contributed by atoms with Crippen molar-refractivity contribution in [2.75, 3.05) is 0 Å². The molecule has 2 unspecified atom stereocenters. The van der Waals surface area contributed by atoms with Crippen LogP contribution in [0.1, 0.15) is 48.5 Å². The second-order valence-corrected chi connectivity index (χ2v) is 7.72. The minimum absolute atomic E-state index is 0.0817. The van der Waals surface area contributed by atoms with Gasteiger partial charge in [-0.3, -0.25) is 19.2 Å². The summed E-state index contributed by atoms with van der Waals surface area (Å²) >= 11 is 4.45. The predicted molar refractivity (Wildman–Crippen MR) is 111 cm³/mol. The number of carbonyl (C=O) groups excluding carboxylic acids is 6. The molecule has 0 N–H and O–H groups in total. The summed E-state index contributed by atoms with van der Waals surface area (Å²) < 4.78 is 0. The van der Waals surface area contributed by atoms with Crippen LogP contribution in [0.15, 0.2) is 30.8 Å². The molecule has 2 aliphatic heterocycles. The molecule has 10 nitrogen and oxygen atoms in total. The topological polar surface area (TPSA) is 127 Å². The molecule has 2 saturated heterocycles. The van der Waals surface area contributed by atoms with Gasteiger partial charge in [0.2, 0.25) is 0 Å². The van der Waals surface area contributed by atoms with Crippen LogP contribution < -0.4 is 0 Å². The van der Waals surface area contributed by atoms with E-state index in [1.165, 1.54) is 0 Å². The van der Waals surface area contributed by atoms with E-state index in [0.29, 0.717) is 15.7 Å². The average Bonchev–Trinajstić information content (AvgIpc) is 3.27. The van der Waals surface area contributed by atoms with Gasteiger partial charge in [-0.25, -0.2) is 9.59 Å². The first kappa shape index (κ1) is 23.2. The number of thiol groups is 1. The average molecular weight is 460 g/mol. The van der Waals surface area contributed by atoms with Gasteiger partial charge in [-0.2, -0.15) is 12.6 Å². The lowest BCUT2D eigenvalue weighted by molar-refractivity contribution is -0.204. The number of hydroxylamine groups is 4. The smallest absolute Gasteiger partial charge is 0.330 e. The normalized spacial score (nSPS) is 18.0. The Morgan fingerprint density at radius 3 is 1.84 bits per heavy atom. The number of hydrogen-bond acceptors (Lipinski definition) is 9. The summed E-state index contributed by atoms with van der Waals surface area (Å²) in [5, 5.41) is -0.160. The molecule has 4 amide bonds. The van der Waals surface area contributed by atoms with Crippen LogP contribution in [-0.4, -0.2) is 45.7 Å². The monoisotopic (exact) mass is 460 g/mol. The van der Waals surface area contributed by atoms with Crippen LogP contribution in [0, 0.1) is 5.92 Å². The second-order valence-electron chi connectivity index (χ2n) is 7.16. The number of amides is 4. The lowest BCUT2D eigenvalue weighted by Crippen LogP contribution is -2.38. The predicted octanol–water partition coefficient (Wildman–Crippen LogP) is 1.52. The van der Waals surface area contributed by atoms with Crippen molar-refractivity contribution in [3.05, 3.63) is 42.0 Å². The molecule has 0 saturated carbocycles. The molecule has 0 spiro atoms. The van der Waals surface area contributed by atoms with E-state index in [4.69, 9.17) is 9.68 Å². The van der Waals surface area contributed by atoms with Crippen molar-refractivity contribution in [1.82, 2.24) is 10.1 Å². The zero-order valence-corrected chi connectivity index (χ0v) is 17.8. The van der Waals surface area contributed by atoms with Crippen molar-refractivity contribution in [2.24, 2.45) is 5.92 Å². The van der Waals surface area contributed by atoms with Gasteiger partial charge in [-0.1, -0.05) is 36.9 Å². The zero-order valence-electron chi connectivity index (χ0n) is 16.9. The van der Waals surface area contributed by atoms with Gasteiger partial charge < -0.3 is 9.68 Å². The molecule has 1 aromatic carbocycles. The summed E-state index contributed by atoms with van der Waals surface area (Å²) in [7, 11) is 0. The minimum Gasteiger partial charge on any atom is -0.330 e. The molecule has 168 valence electrons. The number of hydrogen-bond donors (Lipinski definition) is 1. The van der Waals surface area contributed by atoms with Crippen LogP contribution in [0.2, 0.25) is 0 Å². The van der Waals surface area contributed by atoms with Gasteiger partial charge >= 0.3 is 11.9 Å². The molecule has 2 aliphatic rings. The van der Waals surface area contributed by atoms with Gasteiger partial charge in [0.1, 0.15) is 0 Å². The fourth-order valence-corrected chi connectivity index (χ4v) is 3.58. The molecule has 3 rings (SSSR count). The molecule has 32 heavy (non-hydrogen) atoms. The highest BCUT2D eigenvalue weighted by Gasteiger charge is 2.40. The Labute approximate surface area is 188 Å². The van der Waals surface area contributed by atoms with Crippen molar-refractivity contribution >= 4 is 54.3 Å². The van der Waals surface area contributed by atoms with E-state index in [1.54, 1.807) is 30.3 Å². The quantitative estimate of drug-likeness (QED) is 0.457. The highest BCUT2D eigenvalue weighted by molar-refractivity contribution is 7.80. The number of imide groups is 2. The molecule has 0 aliphatic carbocycles. The third-order valence-electron chi connectivity index (χ3n) is 4.97. The van der Waals surface area contributed by atoms with E-state index >= 15 is 0 Å². The lowest BCUT2D eigenvalue weighted by Gasteiger charge is -2.24. The second kappa shape index (κ2) is 9.77. The van der Waals surface area contributed by atoms with Gasteiger partial charge in [0.15, 0.2) is 0 Å². The van der Waals surface area contributed by atoms with Crippen molar-refractivity contribution in [2.45, 2.75) is 37.4 Å². The molecule has 0 bridgehead atoms. The van der Waals surface area contributed by atoms with Gasteiger partial charge in [-0.15, -0.1) is 10.1 Å². The summed E-state index contributed by atoms with van der Waals surface area (Å²) in [5.74, 6) is -6.09. The minimum atomic E-state index is -1.30. The van der Waals surface area contributed by atoms with E-state index in [9.17, 15) is 28.8 Å². The largest absolute Gasteiger partial charge is 0.338 e. The van der Waals surface area contributed by atoms with Crippen molar-refractivity contribution in [3.63, 3.8) is 0 Å². The van der Waals surface area contributed by atoms with Crippen molar-refractivity contribution < 1.29 is 38.4 Å². The summed E-state index contributed by atoms with van der Waals surface area (Å²) in [6.07, 6.45) is 0.651. The van der Waals surface area contributed by atoms with Gasteiger partial charge in [-0.05, 0) is 11.1 Å². The number of nitrogens with zero attached hydrogens (tertiary/aromatic N) is 2. The Morgan fingerprint density at radius 1 is 0.906 bits per heavy atom. The number of carbonyl (C=O) groups is 6.